The number of hydrogen-bond donors (Lipinski definition) is 0. The van der Waals surface area contributed by atoms with E-state index in [4.69, 9.17) is 4.11 Å². The standard InChI is InChI=1S/C18H14N.C12H10N.Ir/c1-14-7-12-18(19-13-14)17-10-8-16(9-11-17)15-5-3-2-4-6-15;1-10-6-5-9-12(13-10)11-7-3-2-4-8-11;/h2-10,12-13H,1H3;2-7,9H,1H3;/q2*-1;/i;1D3;. The first-order valence-corrected chi connectivity index (χ1v) is 10.3. The van der Waals surface area contributed by atoms with E-state index in [-0.39, 0.29) is 25.8 Å². The summed E-state index contributed by atoms with van der Waals surface area (Å²) in [6.07, 6.45) is 1.88. The van der Waals surface area contributed by atoms with E-state index in [0.29, 0.717) is 5.69 Å². The molecule has 0 fully saturated rings. The second kappa shape index (κ2) is 12.0. The van der Waals surface area contributed by atoms with Gasteiger partial charge >= 0.3 is 0 Å². The van der Waals surface area contributed by atoms with Crippen molar-refractivity contribution in [2.45, 2.75) is 13.8 Å². The van der Waals surface area contributed by atoms with Crippen molar-refractivity contribution in [3.63, 3.8) is 0 Å². The van der Waals surface area contributed by atoms with Crippen LogP contribution in [-0.4, -0.2) is 9.97 Å². The Morgan fingerprint density at radius 2 is 1.52 bits per heavy atom. The molecule has 5 aromatic rings. The Bertz CT molecular complexity index is 1350. The third kappa shape index (κ3) is 6.79. The summed E-state index contributed by atoms with van der Waals surface area (Å²) in [7, 11) is 0. The minimum absolute atomic E-state index is 0. The van der Waals surface area contributed by atoms with Crippen molar-refractivity contribution in [1.29, 1.82) is 0 Å². The SMILES string of the molecule is Cc1ccc(-c2[c-]cc(-c3ccccc3)cc2)nc1.[2H]C([2H])([2H])c1cccc(-c2[c-]cccc2)n1.[Ir]. The summed E-state index contributed by atoms with van der Waals surface area (Å²) in [5, 5.41) is 0. The molecule has 2 aromatic heterocycles. The molecule has 0 saturated heterocycles. The Kier molecular flexibility index (Phi) is 7.36. The van der Waals surface area contributed by atoms with Crippen molar-refractivity contribution in [3.05, 3.63) is 133 Å². The van der Waals surface area contributed by atoms with E-state index in [1.54, 1.807) is 18.2 Å². The average molecular weight is 608 g/mol. The van der Waals surface area contributed by atoms with Gasteiger partial charge in [0, 0.05) is 36.1 Å². The predicted octanol–water partition coefficient (Wildman–Crippen LogP) is 7.38. The number of aromatic nitrogens is 2. The molecule has 3 aromatic carbocycles. The summed E-state index contributed by atoms with van der Waals surface area (Å²) < 4.78 is 21.9. The quantitative estimate of drug-likeness (QED) is 0.200. The monoisotopic (exact) mass is 608 g/mol. The zero-order chi connectivity index (χ0) is 24.7. The molecule has 1 radical (unpaired) electrons. The molecule has 0 bridgehead atoms. The van der Waals surface area contributed by atoms with E-state index in [1.807, 2.05) is 61.7 Å². The van der Waals surface area contributed by atoms with Crippen LogP contribution in [0.15, 0.2) is 109 Å². The second-order valence-corrected chi connectivity index (χ2v) is 7.26. The molecule has 0 spiro atoms. The van der Waals surface area contributed by atoms with Gasteiger partial charge in [0.1, 0.15) is 0 Å². The van der Waals surface area contributed by atoms with Crippen molar-refractivity contribution in [2.24, 2.45) is 0 Å². The van der Waals surface area contributed by atoms with Crippen molar-refractivity contribution in [1.82, 2.24) is 9.97 Å². The third-order valence-corrected chi connectivity index (χ3v) is 4.84. The number of rotatable bonds is 3. The molecule has 0 amide bonds. The van der Waals surface area contributed by atoms with Crippen molar-refractivity contribution in [2.75, 3.05) is 0 Å². The van der Waals surface area contributed by atoms with E-state index in [9.17, 15) is 0 Å². The molecule has 33 heavy (non-hydrogen) atoms. The number of hydrogen-bond acceptors (Lipinski definition) is 2. The second-order valence-electron chi connectivity index (χ2n) is 7.26. The normalized spacial score (nSPS) is 11.6. The van der Waals surface area contributed by atoms with E-state index >= 15 is 0 Å². The van der Waals surface area contributed by atoms with Crippen LogP contribution in [-0.2, 0) is 20.1 Å². The first-order chi connectivity index (χ1) is 16.9. The molecule has 0 N–H and O–H groups in total. The Morgan fingerprint density at radius 1 is 0.697 bits per heavy atom. The first-order valence-electron chi connectivity index (χ1n) is 11.8. The van der Waals surface area contributed by atoms with Gasteiger partial charge in [-0.15, -0.1) is 65.7 Å². The zero-order valence-corrected chi connectivity index (χ0v) is 20.5. The summed E-state index contributed by atoms with van der Waals surface area (Å²) in [4.78, 5) is 8.54. The fraction of sp³-hybridized carbons (Fsp3) is 0.0667. The maximum Gasteiger partial charge on any atom is 0.0295 e. The summed E-state index contributed by atoms with van der Waals surface area (Å²) in [6, 6.07) is 39.3. The molecule has 0 aliphatic carbocycles. The summed E-state index contributed by atoms with van der Waals surface area (Å²) in [5.74, 6) is 0. The Labute approximate surface area is 214 Å². The Balaban J connectivity index is 0.000000198. The molecule has 0 aliphatic heterocycles. The molecular weight excluding hydrogens is 581 g/mol. The molecule has 2 nitrogen and oxygen atoms in total. The van der Waals surface area contributed by atoms with E-state index in [1.165, 1.54) is 22.8 Å². The molecule has 3 heteroatoms. The number of pyridine rings is 2. The van der Waals surface area contributed by atoms with Gasteiger partial charge in [0.25, 0.3) is 0 Å². The molecule has 5 rings (SSSR count). The Morgan fingerprint density at radius 3 is 2.18 bits per heavy atom. The smallest absolute Gasteiger partial charge is 0.0295 e. The summed E-state index contributed by atoms with van der Waals surface area (Å²) >= 11 is 0. The van der Waals surface area contributed by atoms with Crippen molar-refractivity contribution < 1.29 is 24.2 Å². The topological polar surface area (TPSA) is 25.8 Å². The van der Waals surface area contributed by atoms with Crippen LogP contribution < -0.4 is 0 Å². The fourth-order valence-electron chi connectivity index (χ4n) is 3.16. The van der Waals surface area contributed by atoms with Gasteiger partial charge in [0.05, 0.1) is 0 Å². The average Bonchev–Trinajstić information content (AvgIpc) is 2.90. The van der Waals surface area contributed by atoms with Crippen LogP contribution in [0, 0.1) is 25.9 Å². The van der Waals surface area contributed by atoms with Gasteiger partial charge < -0.3 is 9.97 Å². The third-order valence-electron chi connectivity index (χ3n) is 4.84. The molecular formula is C30H24IrN2-2. The van der Waals surface area contributed by atoms with Crippen LogP contribution in [0.1, 0.15) is 15.4 Å². The van der Waals surface area contributed by atoms with Crippen molar-refractivity contribution in [3.8, 4) is 33.6 Å². The predicted molar refractivity (Wildman–Crippen MR) is 132 cm³/mol. The molecule has 0 saturated carbocycles. The van der Waals surface area contributed by atoms with Gasteiger partial charge in [-0.1, -0.05) is 65.7 Å². The summed E-state index contributed by atoms with van der Waals surface area (Å²) in [6.45, 7) is -0.121. The van der Waals surface area contributed by atoms with Gasteiger partial charge in [-0.25, -0.2) is 0 Å². The number of nitrogens with zero attached hydrogens (tertiary/aromatic N) is 2. The molecule has 0 atom stereocenters. The van der Waals surface area contributed by atoms with Gasteiger partial charge in [-0.05, 0) is 36.8 Å². The van der Waals surface area contributed by atoms with Crippen LogP contribution in [0.4, 0.5) is 0 Å². The number of aryl methyl sites for hydroxylation is 2. The minimum Gasteiger partial charge on any atom is -0.304 e. The molecule has 2 heterocycles. The van der Waals surface area contributed by atoms with Gasteiger partial charge in [0.2, 0.25) is 0 Å². The van der Waals surface area contributed by atoms with Gasteiger partial charge in [0.15, 0.2) is 0 Å². The van der Waals surface area contributed by atoms with E-state index < -0.39 is 6.85 Å². The maximum atomic E-state index is 7.29. The van der Waals surface area contributed by atoms with Crippen LogP contribution >= 0.6 is 0 Å². The van der Waals surface area contributed by atoms with Crippen LogP contribution in [0.3, 0.4) is 0 Å². The Hall–Kier alpha value is -3.39. The largest absolute Gasteiger partial charge is 0.304 e. The molecule has 0 aliphatic rings. The van der Waals surface area contributed by atoms with Gasteiger partial charge in [-0.2, -0.15) is 0 Å². The summed E-state index contributed by atoms with van der Waals surface area (Å²) in [5.41, 5.74) is 7.10. The van der Waals surface area contributed by atoms with E-state index in [0.717, 1.165) is 16.8 Å². The maximum absolute atomic E-state index is 7.29. The van der Waals surface area contributed by atoms with Crippen LogP contribution in [0.25, 0.3) is 33.6 Å². The fourth-order valence-corrected chi connectivity index (χ4v) is 3.16. The first kappa shape index (κ1) is 20.2. The van der Waals surface area contributed by atoms with Crippen LogP contribution in [0.2, 0.25) is 0 Å². The minimum atomic E-state index is -2.16. The molecule has 165 valence electrons. The number of benzene rings is 3. The van der Waals surface area contributed by atoms with Crippen molar-refractivity contribution >= 4 is 0 Å². The van der Waals surface area contributed by atoms with Crippen LogP contribution in [0.5, 0.6) is 0 Å². The zero-order valence-electron chi connectivity index (χ0n) is 21.1. The van der Waals surface area contributed by atoms with E-state index in [2.05, 4.69) is 52.4 Å². The van der Waals surface area contributed by atoms with Gasteiger partial charge in [-0.3, -0.25) is 0 Å². The molecule has 0 unspecified atom stereocenters.